The minimum atomic E-state index is -0.433. The van der Waals surface area contributed by atoms with Crippen molar-refractivity contribution < 1.29 is 14.2 Å². The first-order valence-electron chi connectivity index (χ1n) is 7.62. The van der Waals surface area contributed by atoms with Crippen LogP contribution in [0.2, 0.25) is 0 Å². The first-order valence-corrected chi connectivity index (χ1v) is 7.62. The normalized spacial score (nSPS) is 25.1. The number of nitriles is 1. The lowest BCUT2D eigenvalue weighted by molar-refractivity contribution is -0.295. The summed E-state index contributed by atoms with van der Waals surface area (Å²) in [6.45, 7) is 5.35. The van der Waals surface area contributed by atoms with Crippen LogP contribution >= 0.6 is 0 Å². The summed E-state index contributed by atoms with van der Waals surface area (Å²) in [5.74, 6) is 0.0358. The van der Waals surface area contributed by atoms with E-state index in [2.05, 4.69) is 11.1 Å². The molecule has 1 saturated heterocycles. The number of hydrogen-bond donors (Lipinski definition) is 0. The Morgan fingerprint density at radius 3 is 2.64 bits per heavy atom. The Balaban J connectivity index is 1.67. The highest BCUT2D eigenvalue weighted by atomic mass is 16.7. The van der Waals surface area contributed by atoms with Crippen LogP contribution < -0.4 is 0 Å². The lowest BCUT2D eigenvalue weighted by atomic mass is 9.63. The van der Waals surface area contributed by atoms with Crippen LogP contribution in [0.15, 0.2) is 0 Å². The van der Waals surface area contributed by atoms with Gasteiger partial charge in [-0.1, -0.05) is 0 Å². The summed E-state index contributed by atoms with van der Waals surface area (Å²) >= 11 is 0. The molecule has 1 atom stereocenters. The second-order valence-electron chi connectivity index (χ2n) is 6.64. The fourth-order valence-electron chi connectivity index (χ4n) is 3.89. The Hall–Kier alpha value is -1.42. The van der Waals surface area contributed by atoms with Crippen molar-refractivity contribution in [3.05, 3.63) is 17.2 Å². The van der Waals surface area contributed by atoms with Crippen molar-refractivity contribution in [3.63, 3.8) is 0 Å². The minimum Gasteiger partial charge on any atom is -0.376 e. The summed E-state index contributed by atoms with van der Waals surface area (Å²) in [4.78, 5) is 4.30. The van der Waals surface area contributed by atoms with Gasteiger partial charge >= 0.3 is 0 Å². The molecule has 0 aromatic carbocycles. The monoisotopic (exact) mass is 305 g/mol. The molecule has 0 bridgehead atoms. The summed E-state index contributed by atoms with van der Waals surface area (Å²) in [5.41, 5.74) is 2.11. The van der Waals surface area contributed by atoms with Gasteiger partial charge in [0.1, 0.15) is 6.07 Å². The first-order chi connectivity index (χ1) is 10.5. The van der Waals surface area contributed by atoms with Crippen molar-refractivity contribution in [2.45, 2.75) is 51.5 Å². The van der Waals surface area contributed by atoms with Crippen LogP contribution in [0.4, 0.5) is 0 Å². The summed E-state index contributed by atoms with van der Waals surface area (Å²) in [6, 6.07) is 2.17. The standard InChI is InChI=1S/C16H23N3O3/c1-11-12(2)19(14(6-17)18-11)7-13-5-15(10-22-13)8-16(9-15,20-3)21-4/h13H,5,7-10H2,1-4H3. The number of nitrogens with zero attached hydrogens (tertiary/aromatic N) is 3. The SMILES string of the molecule is COC1(OC)CC2(COC(Cn3c(C#N)nc(C)c3C)C2)C1. The van der Waals surface area contributed by atoms with E-state index in [0.717, 1.165) is 37.3 Å². The summed E-state index contributed by atoms with van der Waals surface area (Å²) in [6.07, 6.45) is 2.84. The van der Waals surface area contributed by atoms with E-state index in [-0.39, 0.29) is 11.5 Å². The maximum Gasteiger partial charge on any atom is 0.213 e. The zero-order chi connectivity index (χ0) is 16.0. The summed E-state index contributed by atoms with van der Waals surface area (Å²) in [7, 11) is 3.39. The second kappa shape index (κ2) is 5.34. The van der Waals surface area contributed by atoms with Gasteiger partial charge in [0.25, 0.3) is 0 Å². The maximum atomic E-state index is 9.22. The van der Waals surface area contributed by atoms with Gasteiger partial charge in [-0.2, -0.15) is 5.26 Å². The number of methoxy groups -OCH3 is 2. The molecule has 22 heavy (non-hydrogen) atoms. The van der Waals surface area contributed by atoms with Crippen LogP contribution in [-0.4, -0.2) is 42.3 Å². The van der Waals surface area contributed by atoms with E-state index in [0.29, 0.717) is 12.4 Å². The molecule has 1 unspecified atom stereocenters. The van der Waals surface area contributed by atoms with Crippen LogP contribution in [0.5, 0.6) is 0 Å². The highest BCUT2D eigenvalue weighted by molar-refractivity contribution is 5.22. The zero-order valence-corrected chi connectivity index (χ0v) is 13.7. The molecule has 6 nitrogen and oxygen atoms in total. The third kappa shape index (κ3) is 2.34. The molecule has 0 N–H and O–H groups in total. The molecule has 2 aliphatic rings. The van der Waals surface area contributed by atoms with E-state index < -0.39 is 5.79 Å². The third-order valence-corrected chi connectivity index (χ3v) is 5.26. The molecule has 0 radical (unpaired) electrons. The molecule has 1 aliphatic carbocycles. The van der Waals surface area contributed by atoms with Gasteiger partial charge in [0.2, 0.25) is 5.82 Å². The van der Waals surface area contributed by atoms with E-state index in [1.54, 1.807) is 14.2 Å². The number of aryl methyl sites for hydroxylation is 1. The van der Waals surface area contributed by atoms with Crippen molar-refractivity contribution in [1.82, 2.24) is 9.55 Å². The smallest absolute Gasteiger partial charge is 0.213 e. The molecule has 1 spiro atoms. The average molecular weight is 305 g/mol. The van der Waals surface area contributed by atoms with Crippen molar-refractivity contribution in [2.24, 2.45) is 5.41 Å². The van der Waals surface area contributed by atoms with Gasteiger partial charge in [-0.15, -0.1) is 0 Å². The van der Waals surface area contributed by atoms with Gasteiger partial charge < -0.3 is 18.8 Å². The van der Waals surface area contributed by atoms with Gasteiger partial charge in [0, 0.05) is 38.2 Å². The van der Waals surface area contributed by atoms with Gasteiger partial charge in [-0.3, -0.25) is 0 Å². The third-order valence-electron chi connectivity index (χ3n) is 5.26. The van der Waals surface area contributed by atoms with Gasteiger partial charge in [0.05, 0.1) is 24.9 Å². The van der Waals surface area contributed by atoms with Crippen LogP contribution in [0.3, 0.4) is 0 Å². The first kappa shape index (κ1) is 15.5. The van der Waals surface area contributed by atoms with Gasteiger partial charge in [-0.25, -0.2) is 4.98 Å². The Labute approximate surface area is 131 Å². The quantitative estimate of drug-likeness (QED) is 0.795. The summed E-state index contributed by atoms with van der Waals surface area (Å²) in [5, 5.41) is 9.22. The molecule has 6 heteroatoms. The molecular formula is C16H23N3O3. The molecule has 1 aromatic rings. The second-order valence-corrected chi connectivity index (χ2v) is 6.64. The van der Waals surface area contributed by atoms with Crippen LogP contribution in [0, 0.1) is 30.6 Å². The van der Waals surface area contributed by atoms with Crippen molar-refractivity contribution in [3.8, 4) is 6.07 Å². The number of ether oxygens (including phenoxy) is 3. The molecule has 1 saturated carbocycles. The van der Waals surface area contributed by atoms with E-state index in [1.807, 2.05) is 18.4 Å². The van der Waals surface area contributed by atoms with Crippen LogP contribution in [-0.2, 0) is 20.8 Å². The molecule has 1 aromatic heterocycles. The zero-order valence-electron chi connectivity index (χ0n) is 13.7. The van der Waals surface area contributed by atoms with E-state index in [9.17, 15) is 5.26 Å². The molecule has 0 amide bonds. The van der Waals surface area contributed by atoms with E-state index in [4.69, 9.17) is 14.2 Å². The van der Waals surface area contributed by atoms with Crippen LogP contribution in [0.1, 0.15) is 36.5 Å². The molecule has 3 rings (SSSR count). The van der Waals surface area contributed by atoms with E-state index >= 15 is 0 Å². The fraction of sp³-hybridized carbons (Fsp3) is 0.750. The Kier molecular flexibility index (Phi) is 3.76. The Morgan fingerprint density at radius 1 is 1.36 bits per heavy atom. The minimum absolute atomic E-state index is 0.117. The highest BCUT2D eigenvalue weighted by Crippen LogP contribution is 2.56. The predicted octanol–water partition coefficient (Wildman–Crippen LogP) is 1.93. The van der Waals surface area contributed by atoms with Crippen molar-refractivity contribution >= 4 is 0 Å². The summed E-state index contributed by atoms with van der Waals surface area (Å²) < 4.78 is 18.9. The highest BCUT2D eigenvalue weighted by Gasteiger charge is 2.59. The molecule has 120 valence electrons. The van der Waals surface area contributed by atoms with Crippen molar-refractivity contribution in [1.29, 1.82) is 5.26 Å². The largest absolute Gasteiger partial charge is 0.376 e. The number of imidazole rings is 1. The molecule has 1 aliphatic heterocycles. The molecular weight excluding hydrogens is 282 g/mol. The van der Waals surface area contributed by atoms with Crippen LogP contribution in [0.25, 0.3) is 0 Å². The topological polar surface area (TPSA) is 69.3 Å². The van der Waals surface area contributed by atoms with E-state index in [1.165, 1.54) is 0 Å². The number of aromatic nitrogens is 2. The fourth-order valence-corrected chi connectivity index (χ4v) is 3.89. The average Bonchev–Trinajstić information content (AvgIpc) is 3.02. The lowest BCUT2D eigenvalue weighted by Crippen LogP contribution is -2.54. The predicted molar refractivity (Wildman–Crippen MR) is 79.2 cm³/mol. The van der Waals surface area contributed by atoms with Gasteiger partial charge in [0.15, 0.2) is 5.79 Å². The molecule has 2 fully saturated rings. The Morgan fingerprint density at radius 2 is 2.05 bits per heavy atom. The maximum absolute atomic E-state index is 9.22. The molecule has 2 heterocycles. The number of hydrogen-bond acceptors (Lipinski definition) is 5. The Bertz CT molecular complexity index is 605. The number of rotatable bonds is 4. The van der Waals surface area contributed by atoms with Crippen molar-refractivity contribution in [2.75, 3.05) is 20.8 Å². The van der Waals surface area contributed by atoms with Gasteiger partial charge in [-0.05, 0) is 20.3 Å². The lowest BCUT2D eigenvalue weighted by Gasteiger charge is -2.51.